The van der Waals surface area contributed by atoms with Gasteiger partial charge in [0.05, 0.1) is 18.8 Å². The second-order valence-electron chi connectivity index (χ2n) is 5.39. The predicted octanol–water partition coefficient (Wildman–Crippen LogP) is 3.18. The summed E-state index contributed by atoms with van der Waals surface area (Å²) in [6.07, 6.45) is 7.13. The van der Waals surface area contributed by atoms with Crippen LogP contribution in [-0.2, 0) is 0 Å². The molecule has 0 amide bonds. The Labute approximate surface area is 110 Å². The van der Waals surface area contributed by atoms with E-state index in [9.17, 15) is 0 Å². The van der Waals surface area contributed by atoms with Crippen molar-refractivity contribution in [1.29, 1.82) is 0 Å². The van der Waals surface area contributed by atoms with E-state index in [-0.39, 0.29) is 0 Å². The molecule has 3 heteroatoms. The fourth-order valence-corrected chi connectivity index (χ4v) is 3.19. The number of ether oxygens (including phenoxy) is 1. The van der Waals surface area contributed by atoms with Gasteiger partial charge in [-0.1, -0.05) is 19.8 Å². The van der Waals surface area contributed by atoms with Crippen LogP contribution in [0.5, 0.6) is 5.75 Å². The molecule has 1 aromatic rings. The van der Waals surface area contributed by atoms with Gasteiger partial charge in [0, 0.05) is 6.20 Å². The van der Waals surface area contributed by atoms with Gasteiger partial charge in [0.1, 0.15) is 5.75 Å². The van der Waals surface area contributed by atoms with Crippen molar-refractivity contribution < 1.29 is 4.74 Å². The van der Waals surface area contributed by atoms with Gasteiger partial charge < -0.3 is 10.1 Å². The highest BCUT2D eigenvalue weighted by Crippen LogP contribution is 2.38. The zero-order chi connectivity index (χ0) is 13.0. The number of nitrogens with zero attached hydrogens (tertiary/aromatic N) is 1. The molecule has 1 saturated carbocycles. The van der Waals surface area contributed by atoms with E-state index in [1.807, 2.05) is 25.4 Å². The Hall–Kier alpha value is -1.09. The first-order valence-electron chi connectivity index (χ1n) is 6.92. The van der Waals surface area contributed by atoms with E-state index in [4.69, 9.17) is 4.74 Å². The maximum atomic E-state index is 5.44. The van der Waals surface area contributed by atoms with Crippen LogP contribution in [0.4, 0.5) is 0 Å². The van der Waals surface area contributed by atoms with Gasteiger partial charge in [0.15, 0.2) is 0 Å². The van der Waals surface area contributed by atoms with E-state index in [0.717, 1.165) is 17.4 Å². The third-order valence-electron chi connectivity index (χ3n) is 4.07. The van der Waals surface area contributed by atoms with Crippen molar-refractivity contribution in [1.82, 2.24) is 10.3 Å². The summed E-state index contributed by atoms with van der Waals surface area (Å²) in [5, 5.41) is 3.44. The molecular formula is C15H24N2O. The van der Waals surface area contributed by atoms with Gasteiger partial charge in [-0.25, -0.2) is 0 Å². The van der Waals surface area contributed by atoms with Crippen LogP contribution in [0.25, 0.3) is 0 Å². The molecule has 1 aromatic heterocycles. The maximum Gasteiger partial charge on any atom is 0.141 e. The Morgan fingerprint density at radius 2 is 2.28 bits per heavy atom. The number of hydrogen-bond donors (Lipinski definition) is 1. The van der Waals surface area contributed by atoms with Crippen molar-refractivity contribution in [2.75, 3.05) is 14.2 Å². The molecule has 3 nitrogen and oxygen atoms in total. The summed E-state index contributed by atoms with van der Waals surface area (Å²) in [5.74, 6) is 2.40. The van der Waals surface area contributed by atoms with Crippen LogP contribution in [0.1, 0.15) is 44.3 Å². The normalized spacial score (nSPS) is 25.7. The van der Waals surface area contributed by atoms with Crippen LogP contribution in [0.2, 0.25) is 0 Å². The lowest BCUT2D eigenvalue weighted by Crippen LogP contribution is -2.30. The Bertz CT molecular complexity index is 381. The van der Waals surface area contributed by atoms with E-state index in [0.29, 0.717) is 12.0 Å². The van der Waals surface area contributed by atoms with Gasteiger partial charge in [-0.15, -0.1) is 0 Å². The quantitative estimate of drug-likeness (QED) is 0.888. The molecule has 100 valence electrons. The molecule has 2 rings (SSSR count). The summed E-state index contributed by atoms with van der Waals surface area (Å²) in [5.41, 5.74) is 1.06. The van der Waals surface area contributed by atoms with Gasteiger partial charge in [-0.05, 0) is 43.9 Å². The fourth-order valence-electron chi connectivity index (χ4n) is 3.19. The molecular weight excluding hydrogens is 224 g/mol. The highest BCUT2D eigenvalue weighted by molar-refractivity contribution is 5.30. The number of aromatic nitrogens is 1. The molecule has 3 unspecified atom stereocenters. The Balaban J connectivity index is 2.21. The molecule has 1 heterocycles. The number of pyridine rings is 1. The smallest absolute Gasteiger partial charge is 0.141 e. The molecule has 18 heavy (non-hydrogen) atoms. The summed E-state index contributed by atoms with van der Waals surface area (Å²) < 4.78 is 5.44. The first-order valence-corrected chi connectivity index (χ1v) is 6.92. The first kappa shape index (κ1) is 13.3. The van der Waals surface area contributed by atoms with Gasteiger partial charge in [-0.3, -0.25) is 4.98 Å². The Morgan fingerprint density at radius 3 is 2.94 bits per heavy atom. The number of hydrogen-bond acceptors (Lipinski definition) is 3. The third kappa shape index (κ3) is 2.83. The zero-order valence-electron chi connectivity index (χ0n) is 11.6. The molecule has 1 aliphatic carbocycles. The molecule has 0 bridgehead atoms. The molecule has 0 spiro atoms. The van der Waals surface area contributed by atoms with Crippen molar-refractivity contribution in [2.24, 2.45) is 11.8 Å². The summed E-state index contributed by atoms with van der Waals surface area (Å²) >= 11 is 0. The Morgan fingerprint density at radius 1 is 1.44 bits per heavy atom. The number of rotatable bonds is 4. The van der Waals surface area contributed by atoms with Crippen molar-refractivity contribution >= 4 is 0 Å². The molecule has 0 radical (unpaired) electrons. The molecule has 0 aliphatic heterocycles. The third-order valence-corrected chi connectivity index (χ3v) is 4.07. The highest BCUT2D eigenvalue weighted by Gasteiger charge is 2.29. The molecule has 1 fully saturated rings. The Kier molecular flexibility index (Phi) is 4.59. The van der Waals surface area contributed by atoms with Gasteiger partial charge in [0.2, 0.25) is 0 Å². The predicted molar refractivity (Wildman–Crippen MR) is 73.7 cm³/mol. The van der Waals surface area contributed by atoms with Gasteiger partial charge in [-0.2, -0.15) is 0 Å². The molecule has 1 N–H and O–H groups in total. The van der Waals surface area contributed by atoms with E-state index < -0.39 is 0 Å². The minimum atomic E-state index is 0.309. The second-order valence-corrected chi connectivity index (χ2v) is 5.39. The first-order chi connectivity index (χ1) is 8.76. The van der Waals surface area contributed by atoms with Crippen LogP contribution < -0.4 is 10.1 Å². The fraction of sp³-hybridized carbons (Fsp3) is 0.667. The second kappa shape index (κ2) is 6.19. The van der Waals surface area contributed by atoms with E-state index in [2.05, 4.69) is 17.2 Å². The molecule has 3 atom stereocenters. The van der Waals surface area contributed by atoms with Gasteiger partial charge >= 0.3 is 0 Å². The summed E-state index contributed by atoms with van der Waals surface area (Å²) in [4.78, 5) is 4.53. The van der Waals surface area contributed by atoms with Crippen LogP contribution in [0, 0.1) is 11.8 Å². The summed E-state index contributed by atoms with van der Waals surface area (Å²) in [7, 11) is 3.74. The monoisotopic (exact) mass is 248 g/mol. The molecule has 1 aliphatic rings. The SMILES string of the molecule is CNC(c1ncccc1OC)C1CCCC(C)C1. The van der Waals surface area contributed by atoms with Crippen LogP contribution in [0.15, 0.2) is 18.3 Å². The standard InChI is InChI=1S/C15H24N2O/c1-11-6-4-7-12(10-11)14(16-2)15-13(18-3)8-5-9-17-15/h5,8-9,11-12,14,16H,4,6-7,10H2,1-3H3. The lowest BCUT2D eigenvalue weighted by Gasteiger charge is -2.33. The number of methoxy groups -OCH3 is 1. The van der Waals surface area contributed by atoms with E-state index in [1.54, 1.807) is 7.11 Å². The number of nitrogens with one attached hydrogen (secondary N) is 1. The van der Waals surface area contributed by atoms with E-state index >= 15 is 0 Å². The summed E-state index contributed by atoms with van der Waals surface area (Å²) in [6, 6.07) is 4.24. The average Bonchev–Trinajstić information content (AvgIpc) is 2.40. The zero-order valence-corrected chi connectivity index (χ0v) is 11.6. The van der Waals surface area contributed by atoms with Gasteiger partial charge in [0.25, 0.3) is 0 Å². The molecule has 0 saturated heterocycles. The van der Waals surface area contributed by atoms with Crippen LogP contribution >= 0.6 is 0 Å². The minimum absolute atomic E-state index is 0.309. The van der Waals surface area contributed by atoms with E-state index in [1.165, 1.54) is 25.7 Å². The summed E-state index contributed by atoms with van der Waals surface area (Å²) in [6.45, 7) is 2.36. The topological polar surface area (TPSA) is 34.2 Å². The molecule has 0 aromatic carbocycles. The van der Waals surface area contributed by atoms with Crippen molar-refractivity contribution in [2.45, 2.75) is 38.6 Å². The lowest BCUT2D eigenvalue weighted by molar-refractivity contribution is 0.224. The average molecular weight is 248 g/mol. The van der Waals surface area contributed by atoms with Crippen molar-refractivity contribution in [3.63, 3.8) is 0 Å². The van der Waals surface area contributed by atoms with Crippen molar-refractivity contribution in [3.8, 4) is 5.75 Å². The van der Waals surface area contributed by atoms with Crippen molar-refractivity contribution in [3.05, 3.63) is 24.0 Å². The maximum absolute atomic E-state index is 5.44. The lowest BCUT2D eigenvalue weighted by atomic mass is 9.77. The van der Waals surface area contributed by atoms with Crippen LogP contribution in [-0.4, -0.2) is 19.1 Å². The van der Waals surface area contributed by atoms with Crippen LogP contribution in [0.3, 0.4) is 0 Å². The minimum Gasteiger partial charge on any atom is -0.495 e. The highest BCUT2D eigenvalue weighted by atomic mass is 16.5. The largest absolute Gasteiger partial charge is 0.495 e.